The molecular formula is C32H33N5O5. The minimum absolute atomic E-state index is 0.0936. The number of Topliss-reactive ketones (excluding diaryl/α,β-unsaturated/α-hetero) is 1. The minimum Gasteiger partial charge on any atom is -0.478 e. The van der Waals surface area contributed by atoms with E-state index in [-0.39, 0.29) is 18.2 Å². The molecule has 1 aliphatic rings. The van der Waals surface area contributed by atoms with Crippen LogP contribution >= 0.6 is 0 Å². The van der Waals surface area contributed by atoms with Gasteiger partial charge in [0.1, 0.15) is 17.3 Å². The number of anilines is 2. The molecule has 10 heteroatoms. The van der Waals surface area contributed by atoms with Gasteiger partial charge >= 0.3 is 5.97 Å². The lowest BCUT2D eigenvalue weighted by Gasteiger charge is -2.35. The predicted octanol–water partition coefficient (Wildman–Crippen LogP) is 4.32. The molecule has 1 unspecified atom stereocenters. The lowest BCUT2D eigenvalue weighted by Crippen LogP contribution is -2.48. The van der Waals surface area contributed by atoms with Crippen LogP contribution < -0.4 is 20.1 Å². The van der Waals surface area contributed by atoms with Crippen LogP contribution in [0.3, 0.4) is 0 Å². The van der Waals surface area contributed by atoms with Gasteiger partial charge in [-0.3, -0.25) is 9.69 Å². The Kier molecular flexibility index (Phi) is 8.63. The summed E-state index contributed by atoms with van der Waals surface area (Å²) in [5.41, 5.74) is 6.05. The van der Waals surface area contributed by atoms with Crippen molar-refractivity contribution in [2.24, 2.45) is 0 Å². The van der Waals surface area contributed by atoms with Crippen molar-refractivity contribution in [3.63, 3.8) is 0 Å². The molecule has 42 heavy (non-hydrogen) atoms. The van der Waals surface area contributed by atoms with Gasteiger partial charge < -0.3 is 25.2 Å². The molecule has 4 aromatic rings. The Labute approximate surface area is 244 Å². The van der Waals surface area contributed by atoms with Gasteiger partial charge in [0.2, 0.25) is 17.4 Å². The maximum absolute atomic E-state index is 12.6. The lowest BCUT2D eigenvalue weighted by atomic mass is 9.96. The van der Waals surface area contributed by atoms with Crippen molar-refractivity contribution in [1.82, 2.24) is 14.9 Å². The smallest absolute Gasteiger partial charge is 0.348 e. The molecule has 0 radical (unpaired) electrons. The van der Waals surface area contributed by atoms with Crippen LogP contribution in [0.4, 0.5) is 11.8 Å². The number of carbonyl (C=O) groups is 2. The molecule has 1 fully saturated rings. The van der Waals surface area contributed by atoms with Gasteiger partial charge in [0.15, 0.2) is 5.78 Å². The van der Waals surface area contributed by atoms with Crippen LogP contribution in [0, 0.1) is 0 Å². The molecule has 1 saturated heterocycles. The molecule has 3 aromatic carbocycles. The van der Waals surface area contributed by atoms with Gasteiger partial charge in [0.05, 0.1) is 6.54 Å². The van der Waals surface area contributed by atoms with Crippen LogP contribution in [0.25, 0.3) is 0 Å². The number of ether oxygens (including phenoxy) is 2. The maximum atomic E-state index is 12.6. The van der Waals surface area contributed by atoms with E-state index < -0.39 is 11.6 Å². The van der Waals surface area contributed by atoms with E-state index in [9.17, 15) is 14.7 Å². The van der Waals surface area contributed by atoms with Crippen molar-refractivity contribution >= 4 is 23.5 Å². The molecule has 1 aliphatic heterocycles. The summed E-state index contributed by atoms with van der Waals surface area (Å²) in [7, 11) is 0. The molecule has 5 rings (SSSR count). The number of aromatic nitrogens is 2. The van der Waals surface area contributed by atoms with Crippen LogP contribution in [0.5, 0.6) is 17.4 Å². The third-order valence-corrected chi connectivity index (χ3v) is 7.09. The average molecular weight is 568 g/mol. The van der Waals surface area contributed by atoms with Crippen molar-refractivity contribution in [3.05, 3.63) is 102 Å². The fraction of sp³-hybridized carbons (Fsp3) is 0.250. The van der Waals surface area contributed by atoms with Crippen molar-refractivity contribution < 1.29 is 24.2 Å². The highest BCUT2D eigenvalue weighted by molar-refractivity contribution is 5.97. The molecule has 0 bridgehead atoms. The van der Waals surface area contributed by atoms with Crippen molar-refractivity contribution in [2.45, 2.75) is 18.9 Å². The number of para-hydroxylation sites is 1. The Morgan fingerprint density at radius 2 is 1.52 bits per heavy atom. The fourth-order valence-electron chi connectivity index (χ4n) is 4.79. The summed E-state index contributed by atoms with van der Waals surface area (Å²) < 4.78 is 11.8. The molecule has 0 aliphatic carbocycles. The maximum Gasteiger partial charge on any atom is 0.348 e. The van der Waals surface area contributed by atoms with E-state index in [1.165, 1.54) is 0 Å². The van der Waals surface area contributed by atoms with Crippen LogP contribution in [-0.4, -0.2) is 70.1 Å². The number of hydrogen-bond acceptors (Lipinski definition) is 9. The Balaban J connectivity index is 1.19. The fourth-order valence-corrected chi connectivity index (χ4v) is 4.79. The number of benzene rings is 3. The molecule has 2 heterocycles. The topological polar surface area (TPSA) is 131 Å². The van der Waals surface area contributed by atoms with E-state index in [4.69, 9.17) is 15.2 Å². The Hall–Kier alpha value is -4.96. The van der Waals surface area contributed by atoms with Crippen molar-refractivity contribution in [3.8, 4) is 17.4 Å². The normalized spacial score (nSPS) is 15.0. The largest absolute Gasteiger partial charge is 0.478 e. The number of carboxylic acid groups (broad SMARTS) is 1. The van der Waals surface area contributed by atoms with Crippen LogP contribution in [0.15, 0.2) is 91.0 Å². The van der Waals surface area contributed by atoms with Gasteiger partial charge in [-0.15, -0.1) is 0 Å². The van der Waals surface area contributed by atoms with Crippen molar-refractivity contribution in [2.75, 3.05) is 43.4 Å². The molecule has 1 atom stereocenters. The summed E-state index contributed by atoms with van der Waals surface area (Å²) in [6.07, 6.45) is 0.158. The monoisotopic (exact) mass is 567 g/mol. The van der Waals surface area contributed by atoms with Gasteiger partial charge in [-0.25, -0.2) is 4.79 Å². The summed E-state index contributed by atoms with van der Waals surface area (Å²) in [5, 5.41) is 9.87. The second-order valence-electron chi connectivity index (χ2n) is 10.3. The summed E-state index contributed by atoms with van der Waals surface area (Å²) >= 11 is 0. The van der Waals surface area contributed by atoms with E-state index in [2.05, 4.69) is 19.8 Å². The molecule has 0 saturated carbocycles. The van der Waals surface area contributed by atoms with Gasteiger partial charge in [0, 0.05) is 44.2 Å². The summed E-state index contributed by atoms with van der Waals surface area (Å²) in [6.45, 7) is 4.71. The van der Waals surface area contributed by atoms with Crippen LogP contribution in [0.1, 0.15) is 22.8 Å². The van der Waals surface area contributed by atoms with Gasteiger partial charge in [-0.05, 0) is 36.8 Å². The molecule has 216 valence electrons. The molecule has 1 aromatic heterocycles. The van der Waals surface area contributed by atoms with E-state index in [0.717, 1.165) is 11.1 Å². The quantitative estimate of drug-likeness (QED) is 0.253. The Bertz CT molecular complexity index is 1510. The first-order chi connectivity index (χ1) is 20.3. The number of nitrogens with zero attached hydrogens (tertiary/aromatic N) is 4. The zero-order valence-electron chi connectivity index (χ0n) is 23.3. The molecule has 0 amide bonds. The first kappa shape index (κ1) is 28.6. The van der Waals surface area contributed by atoms with Crippen molar-refractivity contribution in [1.29, 1.82) is 0 Å². The highest BCUT2D eigenvalue weighted by atomic mass is 16.5. The summed E-state index contributed by atoms with van der Waals surface area (Å²) in [5.74, 6) is 1.10. The zero-order valence-corrected chi connectivity index (χ0v) is 23.3. The average Bonchev–Trinajstić information content (AvgIpc) is 2.99. The number of piperazine rings is 1. The second kappa shape index (κ2) is 12.7. The first-order valence-electron chi connectivity index (χ1n) is 13.7. The highest BCUT2D eigenvalue weighted by Crippen LogP contribution is 2.27. The number of aliphatic carboxylic acids is 1. The Morgan fingerprint density at radius 1 is 0.881 bits per heavy atom. The summed E-state index contributed by atoms with van der Waals surface area (Å²) in [6, 6.07) is 27.0. The molecule has 10 nitrogen and oxygen atoms in total. The van der Waals surface area contributed by atoms with E-state index in [1.807, 2.05) is 36.4 Å². The Morgan fingerprint density at radius 3 is 2.17 bits per heavy atom. The number of carboxylic acids is 1. The van der Waals surface area contributed by atoms with E-state index in [0.29, 0.717) is 55.9 Å². The molecule has 0 spiro atoms. The molecular weight excluding hydrogens is 534 g/mol. The third-order valence-electron chi connectivity index (χ3n) is 7.09. The lowest BCUT2D eigenvalue weighted by molar-refractivity contribution is -0.153. The predicted molar refractivity (Wildman–Crippen MR) is 159 cm³/mol. The number of carbonyl (C=O) groups excluding carboxylic acids is 1. The number of ketones is 1. The second-order valence-corrected chi connectivity index (χ2v) is 10.3. The standard InChI is InChI=1S/C32H33N5O5/c1-32(30(39)40,42-26-10-6-3-7-11-26)21-23-12-14-25(15-13-23)41-29-20-28(34-31(33)35-29)37-18-16-36(17-19-37)22-27(38)24-8-4-2-5-9-24/h2-15,20H,16-19,21-22H2,1H3,(H,39,40)(H2,33,34,35). The zero-order chi connectivity index (χ0) is 29.5. The van der Waals surface area contributed by atoms with Gasteiger partial charge in [-0.2, -0.15) is 9.97 Å². The van der Waals surface area contributed by atoms with Crippen LogP contribution in [-0.2, 0) is 11.2 Å². The third kappa shape index (κ3) is 7.21. The van der Waals surface area contributed by atoms with Gasteiger partial charge in [-0.1, -0.05) is 60.7 Å². The number of nitrogens with two attached hydrogens (primary N) is 1. The molecule has 3 N–H and O–H groups in total. The SMILES string of the molecule is CC(Cc1ccc(Oc2cc(N3CCN(CC(=O)c4ccccc4)CC3)nc(N)n2)cc1)(Oc1ccccc1)C(=O)O. The summed E-state index contributed by atoms with van der Waals surface area (Å²) in [4.78, 5) is 37.5. The number of hydrogen-bond donors (Lipinski definition) is 2. The van der Waals surface area contributed by atoms with E-state index in [1.54, 1.807) is 61.5 Å². The van der Waals surface area contributed by atoms with Crippen LogP contribution in [0.2, 0.25) is 0 Å². The highest BCUT2D eigenvalue weighted by Gasteiger charge is 2.36. The minimum atomic E-state index is -1.45. The number of nitrogen functional groups attached to an aromatic ring is 1. The first-order valence-corrected chi connectivity index (χ1v) is 13.7. The van der Waals surface area contributed by atoms with Gasteiger partial charge in [0.25, 0.3) is 0 Å². The number of rotatable bonds is 11. The van der Waals surface area contributed by atoms with E-state index >= 15 is 0 Å².